The lowest BCUT2D eigenvalue weighted by Crippen LogP contribution is -2.07. The lowest BCUT2D eigenvalue weighted by Gasteiger charge is -2.10. The molecule has 2 heterocycles. The van der Waals surface area contributed by atoms with E-state index in [0.717, 1.165) is 16.3 Å². The number of benzene rings is 1. The third kappa shape index (κ3) is 2.36. The summed E-state index contributed by atoms with van der Waals surface area (Å²) in [5.74, 6) is 1.70. The van der Waals surface area contributed by atoms with Crippen LogP contribution in [0.15, 0.2) is 33.8 Å². The van der Waals surface area contributed by atoms with Gasteiger partial charge in [-0.25, -0.2) is 4.98 Å². The molecule has 0 amide bonds. The molecular formula is C13H15N5OS. The van der Waals surface area contributed by atoms with E-state index in [1.54, 1.807) is 0 Å². The van der Waals surface area contributed by atoms with Gasteiger partial charge in [-0.05, 0) is 26.0 Å². The minimum absolute atomic E-state index is 0.219. The third-order valence-corrected chi connectivity index (χ3v) is 3.80. The minimum atomic E-state index is 0.219. The van der Waals surface area contributed by atoms with Gasteiger partial charge in [-0.2, -0.15) is 0 Å². The van der Waals surface area contributed by atoms with Gasteiger partial charge in [0.25, 0.3) is 0 Å². The van der Waals surface area contributed by atoms with E-state index in [2.05, 4.69) is 15.2 Å². The van der Waals surface area contributed by atoms with Crippen LogP contribution in [0.2, 0.25) is 0 Å². The van der Waals surface area contributed by atoms with Crippen LogP contribution in [0.3, 0.4) is 0 Å². The Hall–Kier alpha value is -2.02. The van der Waals surface area contributed by atoms with Gasteiger partial charge in [0, 0.05) is 6.04 Å². The van der Waals surface area contributed by atoms with Gasteiger partial charge in [-0.1, -0.05) is 23.9 Å². The number of rotatable bonds is 4. The smallest absolute Gasteiger partial charge is 0.222 e. The van der Waals surface area contributed by atoms with Crippen LogP contribution < -0.4 is 5.73 Å². The summed E-state index contributed by atoms with van der Waals surface area (Å²) in [6.45, 7) is 4.09. The van der Waals surface area contributed by atoms with Crippen molar-refractivity contribution in [1.82, 2.24) is 19.7 Å². The number of anilines is 1. The van der Waals surface area contributed by atoms with Gasteiger partial charge in [-0.3, -0.25) is 4.57 Å². The van der Waals surface area contributed by atoms with Gasteiger partial charge >= 0.3 is 0 Å². The van der Waals surface area contributed by atoms with E-state index in [1.165, 1.54) is 11.8 Å². The number of aromatic nitrogens is 4. The summed E-state index contributed by atoms with van der Waals surface area (Å²) in [5.41, 5.74) is 7.48. The molecule has 0 aliphatic heterocycles. The van der Waals surface area contributed by atoms with Crippen molar-refractivity contribution in [3.05, 3.63) is 30.2 Å². The Labute approximate surface area is 120 Å². The number of oxazole rings is 1. The third-order valence-electron chi connectivity index (χ3n) is 2.87. The van der Waals surface area contributed by atoms with Crippen molar-refractivity contribution in [2.75, 3.05) is 5.73 Å². The maximum atomic E-state index is 5.81. The fraction of sp³-hybridized carbons (Fsp3) is 0.308. The summed E-state index contributed by atoms with van der Waals surface area (Å²) in [7, 11) is 0. The summed E-state index contributed by atoms with van der Waals surface area (Å²) < 4.78 is 7.57. The predicted octanol–water partition coefficient (Wildman–Crippen LogP) is 2.87. The van der Waals surface area contributed by atoms with E-state index in [-0.39, 0.29) is 6.04 Å². The van der Waals surface area contributed by atoms with Crippen molar-refractivity contribution in [2.24, 2.45) is 0 Å². The lowest BCUT2D eigenvalue weighted by molar-refractivity contribution is 0.548. The highest BCUT2D eigenvalue weighted by Crippen LogP contribution is 2.26. The molecule has 0 fully saturated rings. The molecule has 0 aliphatic carbocycles. The molecule has 3 rings (SSSR count). The molecular weight excluding hydrogens is 274 g/mol. The monoisotopic (exact) mass is 289 g/mol. The second-order valence-corrected chi connectivity index (χ2v) is 5.61. The Balaban J connectivity index is 1.79. The van der Waals surface area contributed by atoms with Crippen LogP contribution in [0.1, 0.15) is 25.8 Å². The zero-order chi connectivity index (χ0) is 14.1. The highest BCUT2D eigenvalue weighted by atomic mass is 32.2. The number of thioether (sulfide) groups is 1. The van der Waals surface area contributed by atoms with E-state index in [1.807, 2.05) is 42.7 Å². The molecule has 0 bridgehead atoms. The van der Waals surface area contributed by atoms with E-state index in [4.69, 9.17) is 10.2 Å². The van der Waals surface area contributed by atoms with Crippen molar-refractivity contribution in [1.29, 1.82) is 0 Å². The first-order valence-electron chi connectivity index (χ1n) is 6.33. The fourth-order valence-electron chi connectivity index (χ4n) is 1.98. The summed E-state index contributed by atoms with van der Waals surface area (Å²) in [6, 6.07) is 7.93. The zero-order valence-corrected chi connectivity index (χ0v) is 12.1. The van der Waals surface area contributed by atoms with Crippen LogP contribution in [0.4, 0.5) is 5.95 Å². The van der Waals surface area contributed by atoms with Crippen molar-refractivity contribution < 1.29 is 4.42 Å². The lowest BCUT2D eigenvalue weighted by atomic mass is 10.3. The number of nitrogen functional groups attached to an aromatic ring is 1. The average Bonchev–Trinajstić information content (AvgIpc) is 2.99. The molecule has 6 nitrogen and oxygen atoms in total. The van der Waals surface area contributed by atoms with Gasteiger partial charge in [0.15, 0.2) is 10.7 Å². The summed E-state index contributed by atoms with van der Waals surface area (Å²) >= 11 is 1.52. The molecule has 0 radical (unpaired) electrons. The van der Waals surface area contributed by atoms with Crippen LogP contribution in [0, 0.1) is 0 Å². The van der Waals surface area contributed by atoms with E-state index >= 15 is 0 Å². The van der Waals surface area contributed by atoms with Gasteiger partial charge in [-0.15, -0.1) is 10.2 Å². The highest BCUT2D eigenvalue weighted by Gasteiger charge is 2.14. The first kappa shape index (κ1) is 13.0. The Bertz CT molecular complexity index is 700. The number of nitrogens with two attached hydrogens (primary N) is 1. The Morgan fingerprint density at radius 3 is 2.85 bits per heavy atom. The van der Waals surface area contributed by atoms with Crippen LogP contribution in [-0.4, -0.2) is 19.7 Å². The Kier molecular flexibility index (Phi) is 3.35. The largest absolute Gasteiger partial charge is 0.440 e. The molecule has 2 aromatic heterocycles. The Morgan fingerprint density at radius 2 is 2.10 bits per heavy atom. The van der Waals surface area contributed by atoms with Crippen LogP contribution in [0.5, 0.6) is 0 Å². The number of fused-ring (bicyclic) bond motifs is 1. The second kappa shape index (κ2) is 5.16. The minimum Gasteiger partial charge on any atom is -0.440 e. The van der Waals surface area contributed by atoms with Crippen molar-refractivity contribution >= 4 is 28.8 Å². The zero-order valence-electron chi connectivity index (χ0n) is 11.3. The summed E-state index contributed by atoms with van der Waals surface area (Å²) in [6.07, 6.45) is 0. The fourth-order valence-corrected chi connectivity index (χ4v) is 2.90. The molecule has 20 heavy (non-hydrogen) atoms. The standard InChI is InChI=1S/C13H15N5OS/c1-8(2)18-12(14)16-17-13(18)20-7-11-15-9-5-3-4-6-10(9)19-11/h3-6,8H,7H2,1-2H3,(H2,14,16). The van der Waals surface area contributed by atoms with Crippen LogP contribution >= 0.6 is 11.8 Å². The molecule has 0 saturated heterocycles. The van der Waals surface area contributed by atoms with E-state index in [9.17, 15) is 0 Å². The molecule has 0 saturated carbocycles. The Morgan fingerprint density at radius 1 is 1.30 bits per heavy atom. The molecule has 2 N–H and O–H groups in total. The SMILES string of the molecule is CC(C)n1c(N)nnc1SCc1nc2ccccc2o1. The van der Waals surface area contributed by atoms with Gasteiger partial charge in [0.1, 0.15) is 5.52 Å². The molecule has 0 spiro atoms. The van der Waals surface area contributed by atoms with E-state index in [0.29, 0.717) is 17.6 Å². The van der Waals surface area contributed by atoms with Gasteiger partial charge in [0.2, 0.25) is 11.8 Å². The molecule has 7 heteroatoms. The normalized spacial score (nSPS) is 11.6. The predicted molar refractivity (Wildman–Crippen MR) is 78.4 cm³/mol. The van der Waals surface area contributed by atoms with Crippen molar-refractivity contribution in [2.45, 2.75) is 30.8 Å². The van der Waals surface area contributed by atoms with Crippen LogP contribution in [-0.2, 0) is 5.75 Å². The first-order valence-corrected chi connectivity index (χ1v) is 7.31. The van der Waals surface area contributed by atoms with Crippen LogP contribution in [0.25, 0.3) is 11.1 Å². The van der Waals surface area contributed by atoms with Gasteiger partial charge in [0.05, 0.1) is 5.75 Å². The first-order chi connectivity index (χ1) is 9.65. The number of hydrogen-bond donors (Lipinski definition) is 1. The van der Waals surface area contributed by atoms with Crippen molar-refractivity contribution in [3.8, 4) is 0 Å². The molecule has 0 aliphatic rings. The quantitative estimate of drug-likeness (QED) is 0.744. The number of hydrogen-bond acceptors (Lipinski definition) is 6. The van der Waals surface area contributed by atoms with Gasteiger partial charge < -0.3 is 10.2 Å². The summed E-state index contributed by atoms with van der Waals surface area (Å²) in [5, 5.41) is 8.78. The van der Waals surface area contributed by atoms with Crippen molar-refractivity contribution in [3.63, 3.8) is 0 Å². The highest BCUT2D eigenvalue weighted by molar-refractivity contribution is 7.98. The molecule has 0 unspecified atom stereocenters. The molecule has 104 valence electrons. The number of para-hydroxylation sites is 2. The molecule has 1 aromatic carbocycles. The maximum absolute atomic E-state index is 5.81. The topological polar surface area (TPSA) is 82.8 Å². The number of nitrogens with zero attached hydrogens (tertiary/aromatic N) is 4. The molecule has 3 aromatic rings. The second-order valence-electron chi connectivity index (χ2n) is 4.67. The molecule has 0 atom stereocenters. The maximum Gasteiger partial charge on any atom is 0.222 e. The van der Waals surface area contributed by atoms with E-state index < -0.39 is 0 Å². The summed E-state index contributed by atoms with van der Waals surface area (Å²) in [4.78, 5) is 4.43. The average molecular weight is 289 g/mol.